The number of nitrogens with zero attached hydrogens (tertiary/aromatic N) is 4. The Bertz CT molecular complexity index is 778. The van der Waals surface area contributed by atoms with Gasteiger partial charge in [-0.1, -0.05) is 5.10 Å². The zero-order valence-corrected chi connectivity index (χ0v) is 10.9. The molecule has 3 rings (SSSR count). The van der Waals surface area contributed by atoms with Gasteiger partial charge in [0.05, 0.1) is 0 Å². The van der Waals surface area contributed by atoms with Gasteiger partial charge in [0.2, 0.25) is 0 Å². The highest BCUT2D eigenvalue weighted by Crippen LogP contribution is 2.17. The average molecular weight is 287 g/mol. The SMILES string of the molecule is Cn1ccc(-c2nnc(NC(=O)c3ccc(F)cc3)o2)n1. The zero-order chi connectivity index (χ0) is 14.8. The van der Waals surface area contributed by atoms with Gasteiger partial charge in [0, 0.05) is 18.8 Å². The molecular weight excluding hydrogens is 277 g/mol. The van der Waals surface area contributed by atoms with Crippen LogP contribution in [-0.4, -0.2) is 25.9 Å². The standard InChI is InChI=1S/C13H10FN5O2/c1-19-7-6-10(18-19)12-16-17-13(21-12)15-11(20)8-2-4-9(14)5-3-8/h2-7H,1H3,(H,15,17,20). The van der Waals surface area contributed by atoms with E-state index in [9.17, 15) is 9.18 Å². The summed E-state index contributed by atoms with van der Waals surface area (Å²) in [6.07, 6.45) is 1.73. The van der Waals surface area contributed by atoms with E-state index in [-0.39, 0.29) is 17.5 Å². The van der Waals surface area contributed by atoms with Crippen molar-refractivity contribution in [3.8, 4) is 11.6 Å². The van der Waals surface area contributed by atoms with Crippen LogP contribution in [0.3, 0.4) is 0 Å². The predicted octanol–water partition coefficient (Wildman–Crippen LogP) is 1.86. The monoisotopic (exact) mass is 287 g/mol. The topological polar surface area (TPSA) is 85.8 Å². The van der Waals surface area contributed by atoms with Gasteiger partial charge in [0.1, 0.15) is 11.5 Å². The molecule has 0 atom stereocenters. The fourth-order valence-corrected chi connectivity index (χ4v) is 1.68. The molecule has 106 valence electrons. The van der Waals surface area contributed by atoms with Crippen LogP contribution >= 0.6 is 0 Å². The van der Waals surface area contributed by atoms with Crippen molar-refractivity contribution in [3.63, 3.8) is 0 Å². The summed E-state index contributed by atoms with van der Waals surface area (Å²) in [5.74, 6) is -0.682. The third kappa shape index (κ3) is 2.78. The zero-order valence-electron chi connectivity index (χ0n) is 10.9. The number of anilines is 1. The highest BCUT2D eigenvalue weighted by Gasteiger charge is 2.14. The van der Waals surface area contributed by atoms with E-state index >= 15 is 0 Å². The number of amides is 1. The molecule has 8 heteroatoms. The summed E-state index contributed by atoms with van der Waals surface area (Å²) in [7, 11) is 1.76. The van der Waals surface area contributed by atoms with Crippen LogP contribution in [0.25, 0.3) is 11.6 Å². The van der Waals surface area contributed by atoms with E-state index in [1.807, 2.05) is 0 Å². The molecule has 21 heavy (non-hydrogen) atoms. The maximum Gasteiger partial charge on any atom is 0.322 e. The number of hydrogen-bond acceptors (Lipinski definition) is 5. The normalized spacial score (nSPS) is 10.6. The Morgan fingerprint density at radius 3 is 2.67 bits per heavy atom. The van der Waals surface area contributed by atoms with Gasteiger partial charge in [0.15, 0.2) is 0 Å². The number of hydrogen-bond donors (Lipinski definition) is 1. The summed E-state index contributed by atoms with van der Waals surface area (Å²) < 4.78 is 19.7. The molecule has 0 saturated heterocycles. The van der Waals surface area contributed by atoms with Crippen molar-refractivity contribution in [3.05, 3.63) is 47.9 Å². The molecule has 7 nitrogen and oxygen atoms in total. The summed E-state index contributed by atoms with van der Waals surface area (Å²) in [6.45, 7) is 0. The first-order valence-corrected chi connectivity index (χ1v) is 6.02. The molecule has 1 amide bonds. The fraction of sp³-hybridized carbons (Fsp3) is 0.0769. The van der Waals surface area contributed by atoms with Crippen LogP contribution in [0.4, 0.5) is 10.4 Å². The Kier molecular flexibility index (Phi) is 3.19. The smallest absolute Gasteiger partial charge is 0.322 e. The minimum atomic E-state index is -0.466. The van der Waals surface area contributed by atoms with Gasteiger partial charge in [-0.25, -0.2) is 4.39 Å². The van der Waals surface area contributed by atoms with E-state index in [0.717, 1.165) is 0 Å². The molecule has 0 saturated carbocycles. The summed E-state index contributed by atoms with van der Waals surface area (Å²) >= 11 is 0. The second-order valence-corrected chi connectivity index (χ2v) is 4.25. The first kappa shape index (κ1) is 13.0. The number of carbonyl (C=O) groups excluding carboxylic acids is 1. The van der Waals surface area contributed by atoms with E-state index in [2.05, 4.69) is 20.6 Å². The van der Waals surface area contributed by atoms with E-state index in [1.54, 1.807) is 24.0 Å². The molecule has 0 bridgehead atoms. The molecule has 2 heterocycles. The molecule has 2 aromatic heterocycles. The Balaban J connectivity index is 1.75. The van der Waals surface area contributed by atoms with Crippen molar-refractivity contribution in [1.82, 2.24) is 20.0 Å². The first-order valence-electron chi connectivity index (χ1n) is 6.02. The van der Waals surface area contributed by atoms with Gasteiger partial charge >= 0.3 is 6.01 Å². The molecule has 0 radical (unpaired) electrons. The quantitative estimate of drug-likeness (QED) is 0.794. The third-order valence-electron chi connectivity index (χ3n) is 2.68. The van der Waals surface area contributed by atoms with Gasteiger partial charge < -0.3 is 4.42 Å². The summed E-state index contributed by atoms with van der Waals surface area (Å²) in [5.41, 5.74) is 0.793. The molecule has 0 aliphatic carbocycles. The van der Waals surface area contributed by atoms with E-state index in [4.69, 9.17) is 4.42 Å². The van der Waals surface area contributed by atoms with Crippen molar-refractivity contribution in [2.45, 2.75) is 0 Å². The molecule has 0 aliphatic rings. The highest BCUT2D eigenvalue weighted by molar-refractivity contribution is 6.03. The fourth-order valence-electron chi connectivity index (χ4n) is 1.68. The summed E-state index contributed by atoms with van der Waals surface area (Å²) in [6, 6.07) is 6.77. The van der Waals surface area contributed by atoms with Gasteiger partial charge in [-0.15, -0.1) is 5.10 Å². The number of halogens is 1. The van der Waals surface area contributed by atoms with Crippen molar-refractivity contribution in [2.75, 3.05) is 5.32 Å². The molecule has 0 spiro atoms. The average Bonchev–Trinajstić information content (AvgIpc) is 3.08. The van der Waals surface area contributed by atoms with Crippen LogP contribution in [0.1, 0.15) is 10.4 Å². The number of aryl methyl sites for hydroxylation is 1. The number of carbonyl (C=O) groups is 1. The summed E-state index contributed by atoms with van der Waals surface area (Å²) in [5, 5.41) is 14.1. The second-order valence-electron chi connectivity index (χ2n) is 4.25. The van der Waals surface area contributed by atoms with Crippen LogP contribution < -0.4 is 5.32 Å². The van der Waals surface area contributed by atoms with Gasteiger partial charge in [-0.3, -0.25) is 14.8 Å². The lowest BCUT2D eigenvalue weighted by Gasteiger charge is -1.99. The van der Waals surface area contributed by atoms with Gasteiger partial charge in [-0.2, -0.15) is 5.10 Å². The summed E-state index contributed by atoms with van der Waals surface area (Å²) in [4.78, 5) is 11.9. The molecule has 1 N–H and O–H groups in total. The molecule has 0 unspecified atom stereocenters. The van der Waals surface area contributed by atoms with Crippen molar-refractivity contribution >= 4 is 11.9 Å². The maximum absolute atomic E-state index is 12.8. The number of benzene rings is 1. The third-order valence-corrected chi connectivity index (χ3v) is 2.68. The minimum Gasteiger partial charge on any atom is -0.401 e. The number of nitrogens with one attached hydrogen (secondary N) is 1. The van der Waals surface area contributed by atoms with E-state index in [1.165, 1.54) is 24.3 Å². The molecular formula is C13H10FN5O2. The molecule has 0 fully saturated rings. The van der Waals surface area contributed by atoms with Crippen LogP contribution in [0, 0.1) is 5.82 Å². The lowest BCUT2D eigenvalue weighted by Crippen LogP contribution is -2.12. The Labute approximate surface area is 118 Å². The Morgan fingerprint density at radius 1 is 1.24 bits per heavy atom. The number of rotatable bonds is 3. The van der Waals surface area contributed by atoms with Crippen molar-refractivity contribution in [2.24, 2.45) is 7.05 Å². The highest BCUT2D eigenvalue weighted by atomic mass is 19.1. The largest absolute Gasteiger partial charge is 0.401 e. The van der Waals surface area contributed by atoms with Crippen LogP contribution in [0.2, 0.25) is 0 Å². The predicted molar refractivity (Wildman–Crippen MR) is 70.9 cm³/mol. The second kappa shape index (κ2) is 5.16. The van der Waals surface area contributed by atoms with Crippen molar-refractivity contribution in [1.29, 1.82) is 0 Å². The number of aromatic nitrogens is 4. The van der Waals surface area contributed by atoms with Crippen LogP contribution in [-0.2, 0) is 7.05 Å². The van der Waals surface area contributed by atoms with E-state index < -0.39 is 11.7 Å². The Hall–Kier alpha value is -3.03. The Morgan fingerprint density at radius 2 is 2.00 bits per heavy atom. The lowest BCUT2D eigenvalue weighted by molar-refractivity contribution is 0.102. The minimum absolute atomic E-state index is 0.0509. The molecule has 1 aromatic carbocycles. The van der Waals surface area contributed by atoms with Crippen molar-refractivity contribution < 1.29 is 13.6 Å². The van der Waals surface area contributed by atoms with Gasteiger partial charge in [0.25, 0.3) is 11.8 Å². The van der Waals surface area contributed by atoms with Crippen LogP contribution in [0.15, 0.2) is 40.9 Å². The van der Waals surface area contributed by atoms with E-state index in [0.29, 0.717) is 5.69 Å². The molecule has 3 aromatic rings. The maximum atomic E-state index is 12.8. The molecule has 0 aliphatic heterocycles. The van der Waals surface area contributed by atoms with Gasteiger partial charge in [-0.05, 0) is 30.3 Å². The first-order chi connectivity index (χ1) is 10.1. The lowest BCUT2D eigenvalue weighted by atomic mass is 10.2. The van der Waals surface area contributed by atoms with Crippen LogP contribution in [0.5, 0.6) is 0 Å².